The van der Waals surface area contributed by atoms with Gasteiger partial charge in [-0.2, -0.15) is 0 Å². The maximum atomic E-state index is 13.1. The van der Waals surface area contributed by atoms with E-state index in [1.807, 2.05) is 19.0 Å². The number of anilines is 2. The van der Waals surface area contributed by atoms with Crippen LogP contribution in [0.15, 0.2) is 36.4 Å². The number of benzene rings is 2. The van der Waals surface area contributed by atoms with E-state index in [0.717, 1.165) is 25.1 Å². The average Bonchev–Trinajstić information content (AvgIpc) is 2.85. The van der Waals surface area contributed by atoms with Crippen molar-refractivity contribution >= 4 is 57.8 Å². The van der Waals surface area contributed by atoms with Crippen molar-refractivity contribution in [2.45, 2.75) is 6.42 Å². The summed E-state index contributed by atoms with van der Waals surface area (Å²) in [5.74, 6) is -0.994. The molecule has 0 aliphatic heterocycles. The largest absolute Gasteiger partial charge is 0.364 e. The molecule has 0 radical (unpaired) electrons. The zero-order chi connectivity index (χ0) is 27.5. The number of nitro benzene ring substituents is 2. The quantitative estimate of drug-likeness (QED) is 0.155. The Morgan fingerprint density at radius 3 is 2.14 bits per heavy atom. The van der Waals surface area contributed by atoms with E-state index in [-0.39, 0.29) is 47.7 Å². The number of amides is 2. The van der Waals surface area contributed by atoms with E-state index in [2.05, 4.69) is 10.6 Å². The van der Waals surface area contributed by atoms with E-state index in [1.54, 1.807) is 12.1 Å². The third kappa shape index (κ3) is 8.55. The van der Waals surface area contributed by atoms with Gasteiger partial charge in [0.05, 0.1) is 15.9 Å². The summed E-state index contributed by atoms with van der Waals surface area (Å²) in [6, 6.07) is 7.92. The molecule has 2 N–H and O–H groups in total. The first-order valence-corrected chi connectivity index (χ1v) is 12.3. The Balaban J connectivity index is 2.36. The minimum atomic E-state index is -0.872. The molecule has 0 saturated carbocycles. The Bertz CT molecular complexity index is 1140. The second-order valence-electron chi connectivity index (χ2n) is 8.18. The molecule has 37 heavy (non-hydrogen) atoms. The normalized spacial score (nSPS) is 10.7. The van der Waals surface area contributed by atoms with Crippen LogP contribution >= 0.6 is 23.2 Å². The first-order valence-electron chi connectivity index (χ1n) is 11.3. The molecule has 0 unspecified atom stereocenters. The Labute approximate surface area is 223 Å². The number of alkyl halides is 2. The molecule has 0 heterocycles. The highest BCUT2D eigenvalue weighted by Crippen LogP contribution is 2.35. The zero-order valence-electron chi connectivity index (χ0n) is 20.4. The van der Waals surface area contributed by atoms with Gasteiger partial charge >= 0.3 is 0 Å². The lowest BCUT2D eigenvalue weighted by Crippen LogP contribution is -2.29. The molecule has 2 aromatic carbocycles. The van der Waals surface area contributed by atoms with Crippen LogP contribution in [0.2, 0.25) is 0 Å². The van der Waals surface area contributed by atoms with Crippen molar-refractivity contribution in [3.05, 3.63) is 67.8 Å². The molecule has 0 atom stereocenters. The van der Waals surface area contributed by atoms with Gasteiger partial charge in [-0.05, 0) is 51.3 Å². The summed E-state index contributed by atoms with van der Waals surface area (Å²) >= 11 is 11.6. The number of hydrogen-bond acceptors (Lipinski definition) is 8. The summed E-state index contributed by atoms with van der Waals surface area (Å²) in [7, 11) is 3.86. The van der Waals surface area contributed by atoms with Crippen molar-refractivity contribution in [3.63, 3.8) is 0 Å². The fraction of sp³-hybridized carbons (Fsp3) is 0.391. The van der Waals surface area contributed by atoms with Gasteiger partial charge in [-0.3, -0.25) is 29.8 Å². The summed E-state index contributed by atoms with van der Waals surface area (Å²) in [5.41, 5.74) is -1.19. The number of nitrogens with zero attached hydrogens (tertiary/aromatic N) is 4. The molecule has 0 aliphatic rings. The molecule has 14 heteroatoms. The predicted molar refractivity (Wildman–Crippen MR) is 143 cm³/mol. The van der Waals surface area contributed by atoms with Crippen LogP contribution in [0.4, 0.5) is 22.7 Å². The summed E-state index contributed by atoms with van der Waals surface area (Å²) in [6.07, 6.45) is 0.756. The van der Waals surface area contributed by atoms with Crippen molar-refractivity contribution in [1.29, 1.82) is 0 Å². The Kier molecular flexibility index (Phi) is 11.5. The van der Waals surface area contributed by atoms with Crippen molar-refractivity contribution in [2.75, 3.05) is 62.3 Å². The molecule has 200 valence electrons. The van der Waals surface area contributed by atoms with Gasteiger partial charge in [0, 0.05) is 42.6 Å². The summed E-state index contributed by atoms with van der Waals surface area (Å²) in [6.45, 7) is 1.60. The van der Waals surface area contributed by atoms with Gasteiger partial charge < -0.3 is 20.4 Å². The van der Waals surface area contributed by atoms with Crippen LogP contribution < -0.4 is 15.5 Å². The standard InChI is InChI=1S/C23H28Cl2N6O6/c1-28(2)10-4-9-26-22(32)16-5-3-6-17(13-16)27-23(33)18-14-20(29(11-7-24)12-8-25)21(31(36)37)15-19(18)30(34)35/h3,5-6,13-15H,4,7-12H2,1-2H3,(H,26,32)(H,27,33). The Hall–Kier alpha value is -3.48. The molecular weight excluding hydrogens is 527 g/mol. The lowest BCUT2D eigenvalue weighted by Gasteiger charge is -2.23. The maximum Gasteiger partial charge on any atom is 0.299 e. The third-order valence-electron chi connectivity index (χ3n) is 5.23. The number of rotatable bonds is 14. The highest BCUT2D eigenvalue weighted by atomic mass is 35.5. The van der Waals surface area contributed by atoms with Crippen molar-refractivity contribution in [1.82, 2.24) is 10.2 Å². The molecule has 2 rings (SSSR count). The number of hydrogen-bond donors (Lipinski definition) is 2. The molecule has 0 saturated heterocycles. The zero-order valence-corrected chi connectivity index (χ0v) is 21.9. The number of halogens is 2. The van der Waals surface area contributed by atoms with E-state index in [4.69, 9.17) is 23.2 Å². The van der Waals surface area contributed by atoms with Crippen LogP contribution in [0, 0.1) is 20.2 Å². The highest BCUT2D eigenvalue weighted by molar-refractivity contribution is 6.18. The van der Waals surface area contributed by atoms with Crippen LogP contribution in [-0.2, 0) is 0 Å². The van der Waals surface area contributed by atoms with E-state index >= 15 is 0 Å². The number of carbonyl (C=O) groups excluding carboxylic acids is 2. The van der Waals surface area contributed by atoms with Gasteiger partial charge in [-0.15, -0.1) is 23.2 Å². The van der Waals surface area contributed by atoms with Crippen molar-refractivity contribution in [3.8, 4) is 0 Å². The molecule has 0 aromatic heterocycles. The van der Waals surface area contributed by atoms with Crippen LogP contribution in [0.5, 0.6) is 0 Å². The van der Waals surface area contributed by atoms with Gasteiger partial charge in [0.2, 0.25) is 0 Å². The first-order chi connectivity index (χ1) is 17.6. The molecule has 2 amide bonds. The monoisotopic (exact) mass is 554 g/mol. The lowest BCUT2D eigenvalue weighted by atomic mass is 10.1. The van der Waals surface area contributed by atoms with Gasteiger partial charge in [0.1, 0.15) is 11.3 Å². The van der Waals surface area contributed by atoms with Crippen LogP contribution in [-0.4, -0.2) is 78.6 Å². The van der Waals surface area contributed by atoms with Crippen LogP contribution in [0.1, 0.15) is 27.1 Å². The summed E-state index contributed by atoms with van der Waals surface area (Å²) in [4.78, 5) is 50.8. The molecule has 0 spiro atoms. The molecule has 12 nitrogen and oxygen atoms in total. The molecular formula is C23H28Cl2N6O6. The highest BCUT2D eigenvalue weighted by Gasteiger charge is 2.30. The van der Waals surface area contributed by atoms with Crippen LogP contribution in [0.25, 0.3) is 0 Å². The summed E-state index contributed by atoms with van der Waals surface area (Å²) in [5, 5.41) is 28.7. The maximum absolute atomic E-state index is 13.1. The predicted octanol–water partition coefficient (Wildman–Crippen LogP) is 3.72. The Morgan fingerprint density at radius 1 is 0.919 bits per heavy atom. The molecule has 0 aliphatic carbocycles. The second kappa shape index (κ2) is 14.3. The SMILES string of the molecule is CN(C)CCCNC(=O)c1cccc(NC(=O)c2cc(N(CCCl)CCCl)c([N+](=O)[O-])cc2[N+](=O)[O-])c1. The average molecular weight is 555 g/mol. The lowest BCUT2D eigenvalue weighted by molar-refractivity contribution is -0.393. The van der Waals surface area contributed by atoms with E-state index in [1.165, 1.54) is 17.0 Å². The van der Waals surface area contributed by atoms with E-state index in [9.17, 15) is 29.8 Å². The fourth-order valence-electron chi connectivity index (χ4n) is 3.49. The number of nitro groups is 2. The topological polar surface area (TPSA) is 151 Å². The van der Waals surface area contributed by atoms with Gasteiger partial charge in [0.15, 0.2) is 0 Å². The van der Waals surface area contributed by atoms with Gasteiger partial charge in [-0.1, -0.05) is 6.07 Å². The molecule has 2 aromatic rings. The van der Waals surface area contributed by atoms with Gasteiger partial charge in [0.25, 0.3) is 23.2 Å². The fourth-order valence-corrected chi connectivity index (χ4v) is 3.90. The van der Waals surface area contributed by atoms with Gasteiger partial charge in [-0.25, -0.2) is 0 Å². The number of nitrogens with one attached hydrogen (secondary N) is 2. The number of carbonyl (C=O) groups is 2. The molecule has 0 bridgehead atoms. The van der Waals surface area contributed by atoms with E-state index in [0.29, 0.717) is 6.54 Å². The minimum absolute atomic E-state index is 0.0205. The van der Waals surface area contributed by atoms with E-state index < -0.39 is 32.7 Å². The first kappa shape index (κ1) is 29.7. The Morgan fingerprint density at radius 2 is 1.57 bits per heavy atom. The van der Waals surface area contributed by atoms with Crippen molar-refractivity contribution < 1.29 is 19.4 Å². The molecule has 0 fully saturated rings. The third-order valence-corrected chi connectivity index (χ3v) is 5.57. The summed E-state index contributed by atoms with van der Waals surface area (Å²) < 4.78 is 0. The second-order valence-corrected chi connectivity index (χ2v) is 8.94. The smallest absolute Gasteiger partial charge is 0.299 e. The van der Waals surface area contributed by atoms with Crippen LogP contribution in [0.3, 0.4) is 0 Å². The minimum Gasteiger partial charge on any atom is -0.364 e. The van der Waals surface area contributed by atoms with Crippen molar-refractivity contribution in [2.24, 2.45) is 0 Å².